The van der Waals surface area contributed by atoms with E-state index in [4.69, 9.17) is 0 Å². The molecule has 0 fully saturated rings. The molecule has 10 heavy (non-hydrogen) atoms. The van der Waals surface area contributed by atoms with Crippen LogP contribution in [0.4, 0.5) is 0 Å². The summed E-state index contributed by atoms with van der Waals surface area (Å²) in [6.45, 7) is 0. The molecule has 0 N–H and O–H groups in total. The molecular formula is C6H5N2O2-. The Bertz CT molecular complexity index is 230. The molecule has 1 aromatic rings. The largest absolute Gasteiger partial charge is 0.792 e. The van der Waals surface area contributed by atoms with Crippen LogP contribution in [0.15, 0.2) is 29.7 Å². The van der Waals surface area contributed by atoms with E-state index in [-0.39, 0.29) is 0 Å². The second-order valence-electron chi connectivity index (χ2n) is 1.73. The molecule has 0 aromatic carbocycles. The SMILES string of the molecule is [O-]/N=C/c1cc[n+]([O-])cc1. The molecule has 0 saturated carbocycles. The zero-order valence-electron chi connectivity index (χ0n) is 5.10. The van der Waals surface area contributed by atoms with E-state index in [9.17, 15) is 10.4 Å². The van der Waals surface area contributed by atoms with Crippen LogP contribution in [-0.2, 0) is 0 Å². The quantitative estimate of drug-likeness (QED) is 0.241. The molecule has 4 nitrogen and oxygen atoms in total. The van der Waals surface area contributed by atoms with Crippen LogP contribution < -0.4 is 4.73 Å². The van der Waals surface area contributed by atoms with Crippen molar-refractivity contribution in [2.45, 2.75) is 0 Å². The average Bonchev–Trinajstić information content (AvgIpc) is 1.95. The van der Waals surface area contributed by atoms with Gasteiger partial charge in [0.1, 0.15) is 0 Å². The summed E-state index contributed by atoms with van der Waals surface area (Å²) < 4.78 is 0.641. The van der Waals surface area contributed by atoms with Gasteiger partial charge in [-0.2, -0.15) is 4.73 Å². The molecule has 0 bridgehead atoms. The molecule has 1 rings (SSSR count). The van der Waals surface area contributed by atoms with Crippen molar-refractivity contribution in [3.8, 4) is 0 Å². The van der Waals surface area contributed by atoms with Crippen molar-refractivity contribution in [3.05, 3.63) is 40.5 Å². The van der Waals surface area contributed by atoms with Crippen LogP contribution in [0.2, 0.25) is 0 Å². The Hall–Kier alpha value is -1.58. The number of hydrogen-bond acceptors (Lipinski definition) is 3. The third-order valence-electron chi connectivity index (χ3n) is 1.03. The molecule has 0 aliphatic rings. The molecule has 4 heteroatoms. The molecule has 0 aliphatic carbocycles. The number of pyridine rings is 1. The van der Waals surface area contributed by atoms with Crippen molar-refractivity contribution in [3.63, 3.8) is 0 Å². The second-order valence-corrected chi connectivity index (χ2v) is 1.73. The molecular weight excluding hydrogens is 132 g/mol. The van der Waals surface area contributed by atoms with Crippen LogP contribution in [0.5, 0.6) is 0 Å². The molecule has 0 saturated heterocycles. The Kier molecular flexibility index (Phi) is 1.84. The van der Waals surface area contributed by atoms with Gasteiger partial charge in [0.2, 0.25) is 0 Å². The average molecular weight is 137 g/mol. The predicted octanol–water partition coefficient (Wildman–Crippen LogP) is 0.237. The fourth-order valence-electron chi connectivity index (χ4n) is 0.571. The van der Waals surface area contributed by atoms with Crippen molar-refractivity contribution < 1.29 is 4.73 Å². The van der Waals surface area contributed by atoms with Crippen LogP contribution >= 0.6 is 0 Å². The van der Waals surface area contributed by atoms with E-state index in [2.05, 4.69) is 5.16 Å². The number of rotatable bonds is 1. The maximum absolute atomic E-state index is 10.4. The van der Waals surface area contributed by atoms with E-state index in [1.54, 1.807) is 0 Å². The lowest BCUT2D eigenvalue weighted by molar-refractivity contribution is -0.605. The Morgan fingerprint density at radius 3 is 2.50 bits per heavy atom. The van der Waals surface area contributed by atoms with E-state index < -0.39 is 0 Å². The first-order chi connectivity index (χ1) is 4.83. The Balaban J connectivity index is 2.89. The third-order valence-corrected chi connectivity index (χ3v) is 1.03. The number of nitrogens with zero attached hydrogens (tertiary/aromatic N) is 2. The Labute approximate surface area is 57.6 Å². The maximum Gasteiger partial charge on any atom is 0.181 e. The van der Waals surface area contributed by atoms with Crippen LogP contribution in [0.25, 0.3) is 0 Å². The topological polar surface area (TPSA) is 62.4 Å². The van der Waals surface area contributed by atoms with Crippen molar-refractivity contribution in [2.24, 2.45) is 5.16 Å². The summed E-state index contributed by atoms with van der Waals surface area (Å²) in [5.41, 5.74) is 0.627. The molecule has 0 atom stereocenters. The summed E-state index contributed by atoms with van der Waals surface area (Å²) in [6, 6.07) is 3.02. The highest BCUT2D eigenvalue weighted by molar-refractivity contribution is 5.79. The highest BCUT2D eigenvalue weighted by Gasteiger charge is 1.87. The second kappa shape index (κ2) is 2.82. The first kappa shape index (κ1) is 6.54. The van der Waals surface area contributed by atoms with Gasteiger partial charge in [-0.15, -0.1) is 0 Å². The Morgan fingerprint density at radius 2 is 2.00 bits per heavy atom. The van der Waals surface area contributed by atoms with Gasteiger partial charge in [-0.3, -0.25) is 0 Å². The first-order valence-electron chi connectivity index (χ1n) is 2.67. The van der Waals surface area contributed by atoms with Gasteiger partial charge in [0.05, 0.1) is 0 Å². The number of aromatic nitrogens is 1. The summed E-state index contributed by atoms with van der Waals surface area (Å²) in [5.74, 6) is 0. The van der Waals surface area contributed by atoms with Gasteiger partial charge >= 0.3 is 0 Å². The third kappa shape index (κ3) is 1.45. The molecule has 0 aliphatic heterocycles. The maximum atomic E-state index is 10.4. The zero-order valence-corrected chi connectivity index (χ0v) is 5.10. The van der Waals surface area contributed by atoms with Gasteiger partial charge < -0.3 is 15.6 Å². The normalized spacial score (nSPS) is 10.4. The molecule has 1 aromatic heterocycles. The molecule has 0 spiro atoms. The molecule has 52 valence electrons. The lowest BCUT2D eigenvalue weighted by Gasteiger charge is -1.94. The predicted molar refractivity (Wildman–Crippen MR) is 36.4 cm³/mol. The standard InChI is InChI=1S/C6H6N2O2/c9-7-5-6-1-3-8(10)4-2-6/h1-5,9H/p-1/b7-5+. The summed E-state index contributed by atoms with van der Waals surface area (Å²) in [6.07, 6.45) is 3.74. The molecule has 0 amide bonds. The summed E-state index contributed by atoms with van der Waals surface area (Å²) in [7, 11) is 0. The fraction of sp³-hybridized carbons (Fsp3) is 0. The van der Waals surface area contributed by atoms with E-state index in [0.29, 0.717) is 10.3 Å². The molecule has 1 heterocycles. The molecule has 0 radical (unpaired) electrons. The van der Waals surface area contributed by atoms with Gasteiger partial charge in [0.15, 0.2) is 12.4 Å². The van der Waals surface area contributed by atoms with Gasteiger partial charge in [-0.1, -0.05) is 0 Å². The van der Waals surface area contributed by atoms with E-state index in [1.807, 2.05) is 0 Å². The van der Waals surface area contributed by atoms with Crippen LogP contribution in [0, 0.1) is 10.4 Å². The minimum absolute atomic E-state index is 0.627. The van der Waals surface area contributed by atoms with Crippen LogP contribution in [-0.4, -0.2) is 6.21 Å². The van der Waals surface area contributed by atoms with Gasteiger partial charge in [0, 0.05) is 23.9 Å². The highest BCUT2D eigenvalue weighted by Crippen LogP contribution is 1.88. The highest BCUT2D eigenvalue weighted by atomic mass is 16.5. The first-order valence-corrected chi connectivity index (χ1v) is 2.67. The van der Waals surface area contributed by atoms with E-state index in [0.717, 1.165) is 6.21 Å². The van der Waals surface area contributed by atoms with Crippen molar-refractivity contribution >= 4 is 6.21 Å². The smallest absolute Gasteiger partial charge is 0.181 e. The van der Waals surface area contributed by atoms with Crippen LogP contribution in [0.3, 0.4) is 0 Å². The van der Waals surface area contributed by atoms with E-state index in [1.165, 1.54) is 24.5 Å². The van der Waals surface area contributed by atoms with Crippen molar-refractivity contribution in [1.29, 1.82) is 0 Å². The fourth-order valence-corrected chi connectivity index (χ4v) is 0.571. The minimum Gasteiger partial charge on any atom is -0.792 e. The Morgan fingerprint density at radius 1 is 1.40 bits per heavy atom. The molecule has 0 unspecified atom stereocenters. The van der Waals surface area contributed by atoms with Gasteiger partial charge in [-0.05, 0) is 0 Å². The summed E-state index contributed by atoms with van der Waals surface area (Å²) >= 11 is 0. The van der Waals surface area contributed by atoms with E-state index >= 15 is 0 Å². The monoisotopic (exact) mass is 137 g/mol. The van der Waals surface area contributed by atoms with Crippen molar-refractivity contribution in [2.75, 3.05) is 0 Å². The summed E-state index contributed by atoms with van der Waals surface area (Å²) in [4.78, 5) is 0. The lowest BCUT2D eigenvalue weighted by Crippen LogP contribution is -2.23. The van der Waals surface area contributed by atoms with Gasteiger partial charge in [-0.25, -0.2) is 0 Å². The van der Waals surface area contributed by atoms with Crippen LogP contribution in [0.1, 0.15) is 5.56 Å². The van der Waals surface area contributed by atoms with Gasteiger partial charge in [0.25, 0.3) is 0 Å². The van der Waals surface area contributed by atoms with Crippen molar-refractivity contribution in [1.82, 2.24) is 0 Å². The lowest BCUT2D eigenvalue weighted by atomic mass is 10.3. The minimum atomic E-state index is 0.627. The number of hydrogen-bond donors (Lipinski definition) is 0. The zero-order chi connectivity index (χ0) is 7.40. The summed E-state index contributed by atoms with van der Waals surface area (Å²) in [5, 5.41) is 22.6.